The van der Waals surface area contributed by atoms with Crippen LogP contribution in [-0.2, 0) is 9.53 Å². The summed E-state index contributed by atoms with van der Waals surface area (Å²) < 4.78 is 5.55. The molecule has 3 unspecified atom stereocenters. The molecule has 2 aliphatic rings. The molecular weight excluding hydrogens is 228 g/mol. The summed E-state index contributed by atoms with van der Waals surface area (Å²) in [5, 5.41) is 3.41. The first-order valence-electron chi connectivity index (χ1n) is 7.32. The summed E-state index contributed by atoms with van der Waals surface area (Å²) in [5.74, 6) is 0.249. The SMILES string of the molecule is CC1OCCC1N(C)C(=O)C1CCCCCCN1. The van der Waals surface area contributed by atoms with E-state index in [0.29, 0.717) is 0 Å². The Morgan fingerprint density at radius 1 is 1.22 bits per heavy atom. The molecule has 2 rings (SSSR count). The number of likely N-dealkylation sites (N-methyl/N-ethyl adjacent to an activating group) is 1. The third-order valence-corrected chi connectivity index (χ3v) is 4.29. The number of nitrogens with one attached hydrogen (secondary N) is 1. The minimum Gasteiger partial charge on any atom is -0.376 e. The number of carbonyl (C=O) groups excluding carboxylic acids is 1. The van der Waals surface area contributed by atoms with Gasteiger partial charge in [0.1, 0.15) is 0 Å². The molecule has 0 spiro atoms. The maximum absolute atomic E-state index is 12.5. The van der Waals surface area contributed by atoms with Crippen LogP contribution >= 0.6 is 0 Å². The molecule has 2 aliphatic heterocycles. The zero-order chi connectivity index (χ0) is 13.0. The van der Waals surface area contributed by atoms with Crippen molar-refractivity contribution in [3.05, 3.63) is 0 Å². The van der Waals surface area contributed by atoms with Gasteiger partial charge < -0.3 is 15.0 Å². The lowest BCUT2D eigenvalue weighted by Crippen LogP contribution is -2.50. The molecule has 0 aliphatic carbocycles. The molecule has 4 nitrogen and oxygen atoms in total. The fourth-order valence-corrected chi connectivity index (χ4v) is 3.05. The van der Waals surface area contributed by atoms with Crippen LogP contribution in [0.1, 0.15) is 45.4 Å². The molecule has 1 amide bonds. The normalized spacial score (nSPS) is 33.8. The maximum Gasteiger partial charge on any atom is 0.239 e. The largest absolute Gasteiger partial charge is 0.376 e. The fourth-order valence-electron chi connectivity index (χ4n) is 3.05. The van der Waals surface area contributed by atoms with Crippen molar-refractivity contribution in [2.24, 2.45) is 0 Å². The van der Waals surface area contributed by atoms with Crippen LogP contribution in [0.5, 0.6) is 0 Å². The first-order chi connectivity index (χ1) is 8.70. The highest BCUT2D eigenvalue weighted by Crippen LogP contribution is 2.20. The van der Waals surface area contributed by atoms with Crippen LogP contribution in [0.4, 0.5) is 0 Å². The van der Waals surface area contributed by atoms with Crippen molar-refractivity contribution in [1.29, 1.82) is 0 Å². The lowest BCUT2D eigenvalue weighted by atomic mass is 10.0. The number of hydrogen-bond donors (Lipinski definition) is 1. The Morgan fingerprint density at radius 2 is 2.00 bits per heavy atom. The molecule has 0 radical (unpaired) electrons. The van der Waals surface area contributed by atoms with Gasteiger partial charge in [-0.25, -0.2) is 0 Å². The number of ether oxygens (including phenoxy) is 1. The van der Waals surface area contributed by atoms with E-state index >= 15 is 0 Å². The summed E-state index contributed by atoms with van der Waals surface area (Å²) >= 11 is 0. The quantitative estimate of drug-likeness (QED) is 0.813. The standard InChI is InChI=1S/C14H26N2O2/c1-11-13(8-10-18-11)16(2)14(17)12-7-5-3-4-6-9-15-12/h11-13,15H,3-10H2,1-2H3. The summed E-state index contributed by atoms with van der Waals surface area (Å²) in [6.45, 7) is 3.82. The average Bonchev–Trinajstić information content (AvgIpc) is 2.73. The van der Waals surface area contributed by atoms with Gasteiger partial charge in [0.15, 0.2) is 0 Å². The van der Waals surface area contributed by atoms with Crippen molar-refractivity contribution >= 4 is 5.91 Å². The van der Waals surface area contributed by atoms with E-state index < -0.39 is 0 Å². The molecule has 0 saturated carbocycles. The van der Waals surface area contributed by atoms with E-state index in [2.05, 4.69) is 12.2 Å². The minimum absolute atomic E-state index is 0.0168. The Labute approximate surface area is 110 Å². The summed E-state index contributed by atoms with van der Waals surface area (Å²) in [4.78, 5) is 14.4. The minimum atomic E-state index is 0.0168. The Balaban J connectivity index is 1.91. The van der Waals surface area contributed by atoms with E-state index in [9.17, 15) is 4.79 Å². The van der Waals surface area contributed by atoms with E-state index in [1.165, 1.54) is 19.3 Å². The van der Waals surface area contributed by atoms with Gasteiger partial charge in [-0.3, -0.25) is 4.79 Å². The lowest BCUT2D eigenvalue weighted by Gasteiger charge is -2.31. The maximum atomic E-state index is 12.5. The van der Waals surface area contributed by atoms with Crippen LogP contribution in [0.3, 0.4) is 0 Å². The second-order valence-electron chi connectivity index (χ2n) is 5.59. The van der Waals surface area contributed by atoms with Crippen LogP contribution in [0.2, 0.25) is 0 Å². The van der Waals surface area contributed by atoms with Crippen molar-refractivity contribution in [3.8, 4) is 0 Å². The van der Waals surface area contributed by atoms with E-state index in [0.717, 1.165) is 32.4 Å². The van der Waals surface area contributed by atoms with Gasteiger partial charge >= 0.3 is 0 Å². The molecule has 0 aromatic heterocycles. The highest BCUT2D eigenvalue weighted by atomic mass is 16.5. The molecule has 2 heterocycles. The first kappa shape index (κ1) is 13.8. The average molecular weight is 254 g/mol. The molecule has 104 valence electrons. The highest BCUT2D eigenvalue weighted by molar-refractivity contribution is 5.82. The van der Waals surface area contributed by atoms with Crippen molar-refractivity contribution in [1.82, 2.24) is 10.2 Å². The van der Waals surface area contributed by atoms with Crippen LogP contribution in [0.15, 0.2) is 0 Å². The molecule has 2 saturated heterocycles. The van der Waals surface area contributed by atoms with Gasteiger partial charge in [-0.05, 0) is 32.7 Å². The summed E-state index contributed by atoms with van der Waals surface area (Å²) in [7, 11) is 1.93. The Hall–Kier alpha value is -0.610. The van der Waals surface area contributed by atoms with Crippen LogP contribution in [0.25, 0.3) is 0 Å². The summed E-state index contributed by atoms with van der Waals surface area (Å²) in [6.07, 6.45) is 7.02. The molecule has 0 aromatic rings. The van der Waals surface area contributed by atoms with Gasteiger partial charge in [-0.1, -0.05) is 19.3 Å². The van der Waals surface area contributed by atoms with Crippen LogP contribution < -0.4 is 5.32 Å². The number of carbonyl (C=O) groups is 1. The van der Waals surface area contributed by atoms with Crippen molar-refractivity contribution < 1.29 is 9.53 Å². The van der Waals surface area contributed by atoms with Crippen LogP contribution in [-0.4, -0.2) is 49.2 Å². The molecule has 0 aromatic carbocycles. The number of hydrogen-bond acceptors (Lipinski definition) is 3. The number of amides is 1. The number of nitrogens with zero attached hydrogens (tertiary/aromatic N) is 1. The summed E-state index contributed by atoms with van der Waals surface area (Å²) in [6, 6.07) is 0.271. The van der Waals surface area contributed by atoms with Crippen molar-refractivity contribution in [2.75, 3.05) is 20.2 Å². The topological polar surface area (TPSA) is 41.6 Å². The van der Waals surface area contributed by atoms with Crippen LogP contribution in [0, 0.1) is 0 Å². The van der Waals surface area contributed by atoms with Gasteiger partial charge in [-0.15, -0.1) is 0 Å². The van der Waals surface area contributed by atoms with Crippen molar-refractivity contribution in [2.45, 2.75) is 63.6 Å². The smallest absolute Gasteiger partial charge is 0.239 e. The van der Waals surface area contributed by atoms with Gasteiger partial charge in [0.25, 0.3) is 0 Å². The van der Waals surface area contributed by atoms with Gasteiger partial charge in [0.05, 0.1) is 18.2 Å². The Kier molecular flexibility index (Phi) is 5.01. The first-order valence-corrected chi connectivity index (χ1v) is 7.32. The highest BCUT2D eigenvalue weighted by Gasteiger charge is 2.33. The Morgan fingerprint density at radius 3 is 2.72 bits per heavy atom. The second kappa shape index (κ2) is 6.53. The van der Waals surface area contributed by atoms with Gasteiger partial charge in [0, 0.05) is 13.7 Å². The fraction of sp³-hybridized carbons (Fsp3) is 0.929. The third kappa shape index (κ3) is 3.23. The van der Waals surface area contributed by atoms with E-state index in [1.807, 2.05) is 11.9 Å². The van der Waals surface area contributed by atoms with Crippen molar-refractivity contribution in [3.63, 3.8) is 0 Å². The van der Waals surface area contributed by atoms with E-state index in [4.69, 9.17) is 4.74 Å². The molecule has 18 heavy (non-hydrogen) atoms. The number of rotatable bonds is 2. The lowest BCUT2D eigenvalue weighted by molar-refractivity contribution is -0.135. The molecule has 3 atom stereocenters. The molecular formula is C14H26N2O2. The van der Waals surface area contributed by atoms with Gasteiger partial charge in [0.2, 0.25) is 5.91 Å². The monoisotopic (exact) mass is 254 g/mol. The summed E-state index contributed by atoms with van der Waals surface area (Å²) in [5.41, 5.74) is 0. The molecule has 1 N–H and O–H groups in total. The molecule has 2 fully saturated rings. The van der Waals surface area contributed by atoms with Gasteiger partial charge in [-0.2, -0.15) is 0 Å². The second-order valence-corrected chi connectivity index (χ2v) is 5.59. The predicted octanol–water partition coefficient (Wildman–Crippen LogP) is 1.54. The van der Waals surface area contributed by atoms with E-state index in [1.54, 1.807) is 0 Å². The molecule has 4 heteroatoms. The third-order valence-electron chi connectivity index (χ3n) is 4.29. The Bertz CT molecular complexity index is 275. The zero-order valence-electron chi connectivity index (χ0n) is 11.7. The molecule has 0 bridgehead atoms. The predicted molar refractivity (Wildman–Crippen MR) is 71.5 cm³/mol. The van der Waals surface area contributed by atoms with E-state index in [-0.39, 0.29) is 24.1 Å². The zero-order valence-corrected chi connectivity index (χ0v) is 11.7.